The number of hydrogen-bond donors (Lipinski definition) is 1. The Bertz CT molecular complexity index is 850. The van der Waals surface area contributed by atoms with Gasteiger partial charge in [-0.05, 0) is 50.2 Å². The summed E-state index contributed by atoms with van der Waals surface area (Å²) in [5.74, 6) is 1.78. The van der Waals surface area contributed by atoms with Crippen molar-refractivity contribution in [2.75, 3.05) is 0 Å². The molecule has 0 unspecified atom stereocenters. The van der Waals surface area contributed by atoms with Crippen LogP contribution in [0, 0.1) is 0 Å². The molecule has 1 aromatic carbocycles. The van der Waals surface area contributed by atoms with Gasteiger partial charge in [0.15, 0.2) is 5.76 Å². The third-order valence-electron chi connectivity index (χ3n) is 3.25. The van der Waals surface area contributed by atoms with Crippen LogP contribution in [-0.4, -0.2) is 16.2 Å². The molecule has 24 heavy (non-hydrogen) atoms. The standard InChI is InChI=1S/C18H18N2O4/c1-12(2)23-18-14(4-3-9-19-18)11-22-15-7-5-13(6-8-15)16-10-17(21)20-24-16/h3-10,12H,11H2,1-2H3,(H,20,21). The molecule has 0 saturated heterocycles. The Hall–Kier alpha value is -3.02. The number of pyridine rings is 1. The van der Waals surface area contributed by atoms with Crippen LogP contribution < -0.4 is 15.0 Å². The average Bonchev–Trinajstić information content (AvgIpc) is 3.00. The second-order valence-corrected chi connectivity index (χ2v) is 5.52. The van der Waals surface area contributed by atoms with E-state index in [1.54, 1.807) is 6.20 Å². The van der Waals surface area contributed by atoms with Crippen LogP contribution in [-0.2, 0) is 6.61 Å². The Morgan fingerprint density at radius 2 is 2.00 bits per heavy atom. The van der Waals surface area contributed by atoms with Crippen LogP contribution in [0.5, 0.6) is 11.6 Å². The second-order valence-electron chi connectivity index (χ2n) is 5.52. The SMILES string of the molecule is CC(C)Oc1ncccc1COc1ccc(-c2cc(=O)[nH]o2)cc1. The third kappa shape index (κ3) is 3.84. The molecule has 0 fully saturated rings. The highest BCUT2D eigenvalue weighted by atomic mass is 16.5. The maximum atomic E-state index is 11.1. The highest BCUT2D eigenvalue weighted by Crippen LogP contribution is 2.23. The lowest BCUT2D eigenvalue weighted by Gasteiger charge is -2.13. The highest BCUT2D eigenvalue weighted by Gasteiger charge is 2.08. The van der Waals surface area contributed by atoms with Crippen molar-refractivity contribution in [3.63, 3.8) is 0 Å². The van der Waals surface area contributed by atoms with Gasteiger partial charge in [0.05, 0.1) is 17.7 Å². The molecule has 1 N–H and O–H groups in total. The molecule has 0 aliphatic rings. The van der Waals surface area contributed by atoms with Crippen molar-refractivity contribution in [2.24, 2.45) is 0 Å². The fourth-order valence-electron chi connectivity index (χ4n) is 2.17. The van der Waals surface area contributed by atoms with Gasteiger partial charge >= 0.3 is 0 Å². The summed E-state index contributed by atoms with van der Waals surface area (Å²) in [5.41, 5.74) is 1.41. The lowest BCUT2D eigenvalue weighted by Crippen LogP contribution is -2.10. The Balaban J connectivity index is 1.68. The van der Waals surface area contributed by atoms with E-state index in [9.17, 15) is 4.79 Å². The summed E-state index contributed by atoms with van der Waals surface area (Å²) in [6.07, 6.45) is 1.75. The normalized spacial score (nSPS) is 10.8. The molecule has 6 heteroatoms. The topological polar surface area (TPSA) is 77.4 Å². The minimum atomic E-state index is -0.264. The molecule has 0 aliphatic carbocycles. The van der Waals surface area contributed by atoms with Crippen LogP contribution in [0.25, 0.3) is 11.3 Å². The maximum Gasteiger partial charge on any atom is 0.280 e. The van der Waals surface area contributed by atoms with E-state index >= 15 is 0 Å². The van der Waals surface area contributed by atoms with Gasteiger partial charge in [-0.1, -0.05) is 0 Å². The molecule has 0 amide bonds. The molecule has 124 valence electrons. The summed E-state index contributed by atoms with van der Waals surface area (Å²) in [6.45, 7) is 4.27. The molecule has 0 aliphatic heterocycles. The van der Waals surface area contributed by atoms with Crippen molar-refractivity contribution in [1.82, 2.24) is 10.1 Å². The number of benzene rings is 1. The van der Waals surface area contributed by atoms with Crippen LogP contribution in [0.15, 0.2) is 58.0 Å². The van der Waals surface area contributed by atoms with Crippen LogP contribution in [0.1, 0.15) is 19.4 Å². The number of aromatic nitrogens is 2. The summed E-state index contributed by atoms with van der Waals surface area (Å²) in [7, 11) is 0. The summed E-state index contributed by atoms with van der Waals surface area (Å²) >= 11 is 0. The Morgan fingerprint density at radius 3 is 2.67 bits per heavy atom. The zero-order valence-corrected chi connectivity index (χ0v) is 13.5. The van der Waals surface area contributed by atoms with Crippen molar-refractivity contribution in [2.45, 2.75) is 26.6 Å². The van der Waals surface area contributed by atoms with E-state index in [0.29, 0.717) is 24.0 Å². The minimum absolute atomic E-state index is 0.0499. The molecular formula is C18H18N2O4. The van der Waals surface area contributed by atoms with Gasteiger partial charge in [0.1, 0.15) is 12.4 Å². The van der Waals surface area contributed by atoms with E-state index in [1.807, 2.05) is 50.2 Å². The zero-order chi connectivity index (χ0) is 16.9. The number of ether oxygens (including phenoxy) is 2. The van der Waals surface area contributed by atoms with Gasteiger partial charge in [-0.3, -0.25) is 4.79 Å². The van der Waals surface area contributed by atoms with Gasteiger partial charge in [-0.2, -0.15) is 5.16 Å². The van der Waals surface area contributed by atoms with Gasteiger partial charge in [0.2, 0.25) is 5.88 Å². The third-order valence-corrected chi connectivity index (χ3v) is 3.25. The van der Waals surface area contributed by atoms with E-state index in [4.69, 9.17) is 14.0 Å². The Morgan fingerprint density at radius 1 is 1.21 bits per heavy atom. The lowest BCUT2D eigenvalue weighted by atomic mass is 10.2. The zero-order valence-electron chi connectivity index (χ0n) is 13.5. The number of H-pyrrole nitrogens is 1. The predicted octanol–water partition coefficient (Wildman–Crippen LogP) is 3.40. The summed E-state index contributed by atoms with van der Waals surface area (Å²) in [4.78, 5) is 15.3. The summed E-state index contributed by atoms with van der Waals surface area (Å²) in [5, 5.41) is 2.27. The number of aromatic amines is 1. The first-order valence-corrected chi connectivity index (χ1v) is 7.64. The van der Waals surface area contributed by atoms with Crippen molar-refractivity contribution in [3.05, 3.63) is 64.6 Å². The number of hydrogen-bond acceptors (Lipinski definition) is 5. The first-order valence-electron chi connectivity index (χ1n) is 7.64. The number of nitrogens with zero attached hydrogens (tertiary/aromatic N) is 1. The van der Waals surface area contributed by atoms with Gasteiger partial charge < -0.3 is 14.0 Å². The van der Waals surface area contributed by atoms with Crippen LogP contribution >= 0.6 is 0 Å². The molecule has 0 saturated carbocycles. The molecule has 0 atom stereocenters. The summed E-state index contributed by atoms with van der Waals surface area (Å²) < 4.78 is 16.5. The second kappa shape index (κ2) is 7.04. The number of nitrogens with one attached hydrogen (secondary N) is 1. The van der Waals surface area contributed by atoms with Crippen LogP contribution in [0.4, 0.5) is 0 Å². The maximum absolute atomic E-state index is 11.1. The quantitative estimate of drug-likeness (QED) is 0.751. The largest absolute Gasteiger partial charge is 0.489 e. The average molecular weight is 326 g/mol. The Labute approximate surface area is 139 Å². The fraction of sp³-hybridized carbons (Fsp3) is 0.222. The van der Waals surface area contributed by atoms with Crippen LogP contribution in [0.3, 0.4) is 0 Å². The van der Waals surface area contributed by atoms with Gasteiger partial charge in [0, 0.05) is 11.8 Å². The highest BCUT2D eigenvalue weighted by molar-refractivity contribution is 5.57. The van der Waals surface area contributed by atoms with Crippen molar-refractivity contribution in [3.8, 4) is 23.0 Å². The molecule has 0 spiro atoms. The molecule has 0 radical (unpaired) electrons. The molecular weight excluding hydrogens is 308 g/mol. The molecule has 2 heterocycles. The fourth-order valence-corrected chi connectivity index (χ4v) is 2.17. The minimum Gasteiger partial charge on any atom is -0.489 e. The van der Waals surface area contributed by atoms with E-state index in [1.165, 1.54) is 6.07 Å². The lowest BCUT2D eigenvalue weighted by molar-refractivity contribution is 0.221. The predicted molar refractivity (Wildman–Crippen MR) is 89.1 cm³/mol. The molecule has 3 aromatic rings. The van der Waals surface area contributed by atoms with E-state index < -0.39 is 0 Å². The van der Waals surface area contributed by atoms with Gasteiger partial charge in [-0.25, -0.2) is 4.98 Å². The van der Waals surface area contributed by atoms with Crippen molar-refractivity contribution in [1.29, 1.82) is 0 Å². The van der Waals surface area contributed by atoms with Gasteiger partial charge in [-0.15, -0.1) is 0 Å². The molecule has 6 nitrogen and oxygen atoms in total. The van der Waals surface area contributed by atoms with E-state index in [0.717, 1.165) is 11.1 Å². The van der Waals surface area contributed by atoms with Crippen LogP contribution in [0.2, 0.25) is 0 Å². The molecule has 2 aromatic heterocycles. The number of rotatable bonds is 6. The van der Waals surface area contributed by atoms with Crippen molar-refractivity contribution < 1.29 is 14.0 Å². The molecule has 0 bridgehead atoms. The van der Waals surface area contributed by atoms with E-state index in [-0.39, 0.29) is 11.7 Å². The Kier molecular flexibility index (Phi) is 4.65. The van der Waals surface area contributed by atoms with E-state index in [2.05, 4.69) is 10.1 Å². The smallest absolute Gasteiger partial charge is 0.280 e. The molecule has 3 rings (SSSR count). The first kappa shape index (κ1) is 15.9. The monoisotopic (exact) mass is 326 g/mol. The first-order chi connectivity index (χ1) is 11.6. The van der Waals surface area contributed by atoms with Gasteiger partial charge in [0.25, 0.3) is 5.56 Å². The van der Waals surface area contributed by atoms with Crippen molar-refractivity contribution >= 4 is 0 Å². The summed E-state index contributed by atoms with van der Waals surface area (Å²) in [6, 6.07) is 12.5.